The number of aryl methyl sites for hydroxylation is 1. The van der Waals surface area contributed by atoms with Gasteiger partial charge in [0.1, 0.15) is 0 Å². The highest BCUT2D eigenvalue weighted by molar-refractivity contribution is 5.83. The van der Waals surface area contributed by atoms with E-state index >= 15 is 0 Å². The molecule has 0 N–H and O–H groups in total. The fourth-order valence-electron chi connectivity index (χ4n) is 2.55. The number of hydrogen-bond donors (Lipinski definition) is 0. The summed E-state index contributed by atoms with van der Waals surface area (Å²) in [6.45, 7) is 7.28. The number of para-hydroxylation sites is 1. The van der Waals surface area contributed by atoms with E-state index in [1.165, 1.54) is 27.0 Å². The molecule has 1 aromatic heterocycles. The number of benzene rings is 1. The van der Waals surface area contributed by atoms with E-state index in [1.807, 2.05) is 0 Å². The van der Waals surface area contributed by atoms with Crippen LogP contribution < -0.4 is 10.6 Å². The lowest BCUT2D eigenvalue weighted by Gasteiger charge is -2.03. The van der Waals surface area contributed by atoms with Crippen molar-refractivity contribution in [2.75, 3.05) is 0 Å². The maximum atomic E-state index is 4.06. The Hall–Kier alpha value is -1.76. The largest absolute Gasteiger partial charge is 0.341 e. The van der Waals surface area contributed by atoms with Crippen LogP contribution in [0.3, 0.4) is 0 Å². The van der Waals surface area contributed by atoms with Gasteiger partial charge in [-0.2, -0.15) is 0 Å². The van der Waals surface area contributed by atoms with Crippen LogP contribution in [-0.2, 0) is 6.54 Å². The molecule has 0 atom stereocenters. The lowest BCUT2D eigenvalue weighted by atomic mass is 10.1. The predicted octanol–water partition coefficient (Wildman–Crippen LogP) is 2.18. The van der Waals surface area contributed by atoms with Crippen LogP contribution in [0.1, 0.15) is 13.3 Å². The first kappa shape index (κ1) is 9.46. The van der Waals surface area contributed by atoms with E-state index < -0.39 is 0 Å². The minimum Gasteiger partial charge on any atom is -0.341 e. The number of allylic oxidation sites excluding steroid dienone is 1. The Kier molecular flexibility index (Phi) is 2.00. The van der Waals surface area contributed by atoms with Crippen molar-refractivity contribution in [2.45, 2.75) is 19.9 Å². The second-order valence-corrected chi connectivity index (χ2v) is 4.27. The van der Waals surface area contributed by atoms with Crippen LogP contribution in [-0.4, -0.2) is 4.57 Å². The van der Waals surface area contributed by atoms with Gasteiger partial charge in [-0.3, -0.25) is 0 Å². The second-order valence-electron chi connectivity index (χ2n) is 4.27. The van der Waals surface area contributed by atoms with Crippen molar-refractivity contribution in [3.8, 4) is 0 Å². The fourth-order valence-corrected chi connectivity index (χ4v) is 2.55. The average molecular weight is 209 g/mol. The van der Waals surface area contributed by atoms with Crippen molar-refractivity contribution in [2.24, 2.45) is 0 Å². The smallest absolute Gasteiger partial charge is 0.0491 e. The number of hydrogen-bond acceptors (Lipinski definition) is 0. The van der Waals surface area contributed by atoms with Gasteiger partial charge >= 0.3 is 0 Å². The highest BCUT2D eigenvalue weighted by atomic mass is 15.0. The molecule has 0 amide bonds. The van der Waals surface area contributed by atoms with E-state index in [0.29, 0.717) is 0 Å². The number of nitrogens with zero attached hydrogens (tertiary/aromatic N) is 1. The molecule has 0 spiro atoms. The SMILES string of the molecule is C=C1C=c2c(n(CC)c3ccccc23)=CC1. The normalized spacial score (nSPS) is 14.4. The maximum Gasteiger partial charge on any atom is 0.0491 e. The number of rotatable bonds is 1. The van der Waals surface area contributed by atoms with Crippen molar-refractivity contribution >= 4 is 23.1 Å². The third-order valence-electron chi connectivity index (χ3n) is 3.27. The Bertz CT molecular complexity index is 686. The molecule has 1 heteroatoms. The Balaban J connectivity index is 2.60. The topological polar surface area (TPSA) is 4.93 Å². The zero-order chi connectivity index (χ0) is 11.1. The van der Waals surface area contributed by atoms with E-state index in [0.717, 1.165) is 13.0 Å². The van der Waals surface area contributed by atoms with Crippen LogP contribution in [0.2, 0.25) is 0 Å². The van der Waals surface area contributed by atoms with Gasteiger partial charge in [0.25, 0.3) is 0 Å². The standard InChI is InChI=1S/C15H15N/c1-3-16-14-7-5-4-6-12(14)13-10-11(2)8-9-15(13)16/h4-7,9-10H,2-3,8H2,1H3. The molecular weight excluding hydrogens is 194 g/mol. The lowest BCUT2D eigenvalue weighted by Crippen LogP contribution is -2.30. The molecule has 0 aliphatic heterocycles. The van der Waals surface area contributed by atoms with Crippen molar-refractivity contribution in [3.63, 3.8) is 0 Å². The molecule has 1 aromatic carbocycles. The molecule has 0 saturated heterocycles. The van der Waals surface area contributed by atoms with Gasteiger partial charge in [0.15, 0.2) is 0 Å². The highest BCUT2D eigenvalue weighted by Gasteiger charge is 2.08. The summed E-state index contributed by atoms with van der Waals surface area (Å²) in [6.07, 6.45) is 5.49. The third-order valence-corrected chi connectivity index (χ3v) is 3.27. The van der Waals surface area contributed by atoms with Crippen LogP contribution in [0, 0.1) is 0 Å². The van der Waals surface area contributed by atoms with Crippen LogP contribution in [0.15, 0.2) is 36.4 Å². The Morgan fingerprint density at radius 1 is 1.31 bits per heavy atom. The molecule has 0 saturated carbocycles. The van der Waals surface area contributed by atoms with E-state index in [9.17, 15) is 0 Å². The van der Waals surface area contributed by atoms with Gasteiger partial charge in [0, 0.05) is 28.0 Å². The summed E-state index contributed by atoms with van der Waals surface area (Å²) >= 11 is 0. The maximum absolute atomic E-state index is 4.06. The summed E-state index contributed by atoms with van der Waals surface area (Å²) in [5.41, 5.74) is 2.53. The molecule has 0 fully saturated rings. The molecule has 0 radical (unpaired) electrons. The molecule has 80 valence electrons. The Morgan fingerprint density at radius 2 is 2.12 bits per heavy atom. The van der Waals surface area contributed by atoms with Gasteiger partial charge in [0.05, 0.1) is 0 Å². The fraction of sp³-hybridized carbons (Fsp3) is 0.200. The summed E-state index contributed by atoms with van der Waals surface area (Å²) in [5.74, 6) is 0. The van der Waals surface area contributed by atoms with E-state index in [2.05, 4.69) is 54.5 Å². The van der Waals surface area contributed by atoms with Crippen molar-refractivity contribution in [1.29, 1.82) is 0 Å². The Labute approximate surface area is 95.0 Å². The molecule has 16 heavy (non-hydrogen) atoms. The quantitative estimate of drug-likeness (QED) is 0.678. The van der Waals surface area contributed by atoms with E-state index in [-0.39, 0.29) is 0 Å². The summed E-state index contributed by atoms with van der Waals surface area (Å²) in [7, 11) is 0. The summed E-state index contributed by atoms with van der Waals surface area (Å²) < 4.78 is 2.38. The minimum absolute atomic E-state index is 0.976. The predicted molar refractivity (Wildman–Crippen MR) is 69.5 cm³/mol. The van der Waals surface area contributed by atoms with Crippen LogP contribution in [0.4, 0.5) is 0 Å². The molecule has 1 heterocycles. The van der Waals surface area contributed by atoms with Gasteiger partial charge in [-0.15, -0.1) is 0 Å². The minimum atomic E-state index is 0.976. The average Bonchev–Trinajstić information content (AvgIpc) is 2.62. The number of aromatic nitrogens is 1. The Morgan fingerprint density at radius 3 is 2.94 bits per heavy atom. The monoisotopic (exact) mass is 209 g/mol. The van der Waals surface area contributed by atoms with Gasteiger partial charge in [-0.1, -0.05) is 36.4 Å². The first-order valence-electron chi connectivity index (χ1n) is 5.78. The summed E-state index contributed by atoms with van der Waals surface area (Å²) in [4.78, 5) is 0. The molecule has 1 aliphatic rings. The molecule has 0 bridgehead atoms. The molecule has 3 rings (SSSR count). The van der Waals surface area contributed by atoms with Crippen molar-refractivity contribution in [1.82, 2.24) is 4.57 Å². The summed E-state index contributed by atoms with van der Waals surface area (Å²) in [6, 6.07) is 8.60. The lowest BCUT2D eigenvalue weighted by molar-refractivity contribution is 0.768. The van der Waals surface area contributed by atoms with Gasteiger partial charge in [-0.05, 0) is 25.5 Å². The molecule has 1 nitrogen and oxygen atoms in total. The van der Waals surface area contributed by atoms with E-state index in [4.69, 9.17) is 0 Å². The van der Waals surface area contributed by atoms with Crippen LogP contribution in [0.25, 0.3) is 23.1 Å². The highest BCUT2D eigenvalue weighted by Crippen LogP contribution is 2.12. The molecule has 1 aliphatic carbocycles. The zero-order valence-electron chi connectivity index (χ0n) is 9.53. The molecule has 0 unspecified atom stereocenters. The second kappa shape index (κ2) is 3.38. The first-order chi connectivity index (χ1) is 7.81. The van der Waals surface area contributed by atoms with Gasteiger partial charge in [0.2, 0.25) is 0 Å². The zero-order valence-corrected chi connectivity index (χ0v) is 9.53. The molecular formula is C15H15N. The van der Waals surface area contributed by atoms with E-state index in [1.54, 1.807) is 0 Å². The van der Waals surface area contributed by atoms with Gasteiger partial charge < -0.3 is 4.57 Å². The van der Waals surface area contributed by atoms with Crippen LogP contribution in [0.5, 0.6) is 0 Å². The number of fused-ring (bicyclic) bond motifs is 3. The summed E-state index contributed by atoms with van der Waals surface area (Å²) in [5, 5.41) is 4.04. The van der Waals surface area contributed by atoms with Crippen molar-refractivity contribution in [3.05, 3.63) is 47.0 Å². The third kappa shape index (κ3) is 1.18. The van der Waals surface area contributed by atoms with Crippen molar-refractivity contribution < 1.29 is 0 Å². The molecule has 2 aromatic rings. The van der Waals surface area contributed by atoms with Crippen LogP contribution >= 0.6 is 0 Å². The van der Waals surface area contributed by atoms with Gasteiger partial charge in [-0.25, -0.2) is 0 Å². The first-order valence-corrected chi connectivity index (χ1v) is 5.78.